The average Bonchev–Trinajstić information content (AvgIpc) is 2.36. The van der Waals surface area contributed by atoms with E-state index < -0.39 is 18.0 Å². The topological polar surface area (TPSA) is 78.4 Å². The molecule has 2 amide bonds. The van der Waals surface area contributed by atoms with Crippen LogP contribution in [0.1, 0.15) is 25.5 Å². The lowest BCUT2D eigenvalue weighted by atomic mass is 10.1. The summed E-state index contributed by atoms with van der Waals surface area (Å²) >= 11 is 0. The molecule has 0 aliphatic carbocycles. The lowest BCUT2D eigenvalue weighted by Crippen LogP contribution is -2.40. The Balaban J connectivity index is 2.63. The van der Waals surface area contributed by atoms with Gasteiger partial charge in [-0.15, -0.1) is 0 Å². The van der Waals surface area contributed by atoms with E-state index in [0.717, 1.165) is 5.57 Å². The molecule has 1 atom stereocenters. The minimum absolute atomic E-state index is 0.370. The van der Waals surface area contributed by atoms with E-state index in [4.69, 9.17) is 5.11 Å². The van der Waals surface area contributed by atoms with Gasteiger partial charge in [-0.25, -0.2) is 9.59 Å². The molecule has 0 aliphatic rings. The molecule has 5 nitrogen and oxygen atoms in total. The molecule has 0 saturated heterocycles. The minimum Gasteiger partial charge on any atom is -0.479 e. The Morgan fingerprint density at radius 3 is 2.42 bits per heavy atom. The number of hydrogen-bond donors (Lipinski definition) is 3. The van der Waals surface area contributed by atoms with Gasteiger partial charge >= 0.3 is 12.0 Å². The Kier molecular flexibility index (Phi) is 5.60. The number of rotatable bonds is 5. The van der Waals surface area contributed by atoms with Gasteiger partial charge in [0.25, 0.3) is 0 Å². The fourth-order valence-electron chi connectivity index (χ4n) is 1.46. The Labute approximate surface area is 112 Å². The summed E-state index contributed by atoms with van der Waals surface area (Å²) in [6.45, 7) is 4.21. The third-order valence-electron chi connectivity index (χ3n) is 2.43. The van der Waals surface area contributed by atoms with Crippen molar-refractivity contribution in [2.24, 2.45) is 0 Å². The highest BCUT2D eigenvalue weighted by molar-refractivity contribution is 5.83. The molecule has 0 heterocycles. The summed E-state index contributed by atoms with van der Waals surface area (Å²) in [6, 6.07) is 7.02. The van der Waals surface area contributed by atoms with Crippen LogP contribution in [0, 0.1) is 0 Å². The molecule has 1 aromatic rings. The molecule has 0 aromatic heterocycles. The maximum Gasteiger partial charge on any atom is 0.330 e. The number of carbonyl (C=O) groups is 2. The van der Waals surface area contributed by atoms with E-state index >= 15 is 0 Å². The van der Waals surface area contributed by atoms with E-state index in [1.54, 1.807) is 30.3 Å². The van der Waals surface area contributed by atoms with Crippen molar-refractivity contribution in [2.75, 3.05) is 6.54 Å². The van der Waals surface area contributed by atoms with Crippen molar-refractivity contribution in [3.63, 3.8) is 0 Å². The van der Waals surface area contributed by atoms with Gasteiger partial charge in [0.05, 0.1) is 0 Å². The van der Waals surface area contributed by atoms with Gasteiger partial charge in [0.1, 0.15) is 0 Å². The largest absolute Gasteiger partial charge is 0.479 e. The Morgan fingerprint density at radius 1 is 1.26 bits per heavy atom. The van der Waals surface area contributed by atoms with Gasteiger partial charge in [0.2, 0.25) is 0 Å². The second-order valence-electron chi connectivity index (χ2n) is 4.32. The molecule has 0 bridgehead atoms. The zero-order valence-corrected chi connectivity index (χ0v) is 11.0. The zero-order chi connectivity index (χ0) is 14.3. The maximum absolute atomic E-state index is 11.6. The van der Waals surface area contributed by atoms with Gasteiger partial charge in [-0.05, 0) is 19.4 Å². The van der Waals surface area contributed by atoms with Crippen LogP contribution in [0.15, 0.2) is 42.0 Å². The number of allylic oxidation sites excluding steroid dienone is 1. The first-order valence-corrected chi connectivity index (χ1v) is 5.96. The van der Waals surface area contributed by atoms with Gasteiger partial charge in [0, 0.05) is 6.54 Å². The van der Waals surface area contributed by atoms with Crippen molar-refractivity contribution in [1.82, 2.24) is 10.6 Å². The van der Waals surface area contributed by atoms with Gasteiger partial charge in [-0.3, -0.25) is 0 Å². The lowest BCUT2D eigenvalue weighted by Gasteiger charge is -2.15. The molecule has 0 unspecified atom stereocenters. The Bertz CT molecular complexity index is 465. The van der Waals surface area contributed by atoms with Gasteiger partial charge in [0.15, 0.2) is 6.04 Å². The summed E-state index contributed by atoms with van der Waals surface area (Å²) in [6.07, 6.45) is 1.85. The number of amides is 2. The molecule has 0 saturated carbocycles. The van der Waals surface area contributed by atoms with Crippen molar-refractivity contribution in [1.29, 1.82) is 0 Å². The molecular weight excluding hydrogens is 244 g/mol. The third-order valence-corrected chi connectivity index (χ3v) is 2.43. The molecule has 1 aromatic carbocycles. The van der Waals surface area contributed by atoms with Crippen molar-refractivity contribution in [2.45, 2.75) is 19.9 Å². The standard InChI is InChI=1S/C14H18N2O3/c1-10(2)8-9-15-14(19)16-12(13(17)18)11-6-4-3-5-7-11/h3-8,12H,9H2,1-2H3,(H,17,18)(H2,15,16,19)/t12-/m1/s1. The van der Waals surface area contributed by atoms with Gasteiger partial charge < -0.3 is 15.7 Å². The Hall–Kier alpha value is -2.30. The number of benzene rings is 1. The fourth-order valence-corrected chi connectivity index (χ4v) is 1.46. The molecule has 1 rings (SSSR count). The predicted octanol–water partition coefficient (Wildman–Crippen LogP) is 2.08. The van der Waals surface area contributed by atoms with Crippen LogP contribution in [-0.2, 0) is 4.79 Å². The van der Waals surface area contributed by atoms with E-state index in [2.05, 4.69) is 10.6 Å². The van der Waals surface area contributed by atoms with Crippen molar-refractivity contribution >= 4 is 12.0 Å². The van der Waals surface area contributed by atoms with Gasteiger partial charge in [-0.1, -0.05) is 42.0 Å². The SMILES string of the molecule is CC(C)=CCNC(=O)N[C@@H](C(=O)O)c1ccccc1. The second kappa shape index (κ2) is 7.20. The maximum atomic E-state index is 11.6. The van der Waals surface area contributed by atoms with E-state index in [1.165, 1.54) is 0 Å². The van der Waals surface area contributed by atoms with Crippen LogP contribution in [0.3, 0.4) is 0 Å². The minimum atomic E-state index is -1.09. The van der Waals surface area contributed by atoms with Crippen LogP contribution in [0.5, 0.6) is 0 Å². The number of aliphatic carboxylic acids is 1. The second-order valence-corrected chi connectivity index (χ2v) is 4.32. The highest BCUT2D eigenvalue weighted by Gasteiger charge is 2.21. The summed E-state index contributed by atoms with van der Waals surface area (Å²) in [7, 11) is 0. The van der Waals surface area contributed by atoms with Gasteiger partial charge in [-0.2, -0.15) is 0 Å². The van der Waals surface area contributed by atoms with E-state index in [0.29, 0.717) is 12.1 Å². The van der Waals surface area contributed by atoms with Crippen LogP contribution in [-0.4, -0.2) is 23.7 Å². The number of hydrogen-bond acceptors (Lipinski definition) is 2. The lowest BCUT2D eigenvalue weighted by molar-refractivity contribution is -0.139. The molecule has 102 valence electrons. The summed E-state index contributed by atoms with van der Waals surface area (Å²) in [4.78, 5) is 22.8. The summed E-state index contributed by atoms with van der Waals surface area (Å²) in [5.74, 6) is -1.09. The van der Waals surface area contributed by atoms with Crippen molar-refractivity contribution in [3.05, 3.63) is 47.5 Å². The van der Waals surface area contributed by atoms with Crippen LogP contribution in [0.25, 0.3) is 0 Å². The number of nitrogens with one attached hydrogen (secondary N) is 2. The summed E-state index contributed by atoms with van der Waals surface area (Å²) in [5, 5.41) is 14.1. The monoisotopic (exact) mass is 262 g/mol. The van der Waals surface area contributed by atoms with Crippen LogP contribution in [0.4, 0.5) is 4.79 Å². The smallest absolute Gasteiger partial charge is 0.330 e. The van der Waals surface area contributed by atoms with Crippen molar-refractivity contribution < 1.29 is 14.7 Å². The first-order chi connectivity index (χ1) is 9.00. The van der Waals surface area contributed by atoms with Crippen molar-refractivity contribution in [3.8, 4) is 0 Å². The predicted molar refractivity (Wildman–Crippen MR) is 72.8 cm³/mol. The van der Waals surface area contributed by atoms with Crippen LogP contribution < -0.4 is 10.6 Å². The molecule has 0 aliphatic heterocycles. The van der Waals surface area contributed by atoms with E-state index in [1.807, 2.05) is 19.9 Å². The Morgan fingerprint density at radius 2 is 1.89 bits per heavy atom. The van der Waals surface area contributed by atoms with E-state index in [9.17, 15) is 9.59 Å². The third kappa shape index (κ3) is 5.25. The molecule has 5 heteroatoms. The molecule has 19 heavy (non-hydrogen) atoms. The average molecular weight is 262 g/mol. The number of carboxylic acids is 1. The first-order valence-electron chi connectivity index (χ1n) is 5.96. The molecule has 0 radical (unpaired) electrons. The zero-order valence-electron chi connectivity index (χ0n) is 11.0. The highest BCUT2D eigenvalue weighted by atomic mass is 16.4. The van der Waals surface area contributed by atoms with Crippen LogP contribution in [0.2, 0.25) is 0 Å². The number of carbonyl (C=O) groups excluding carboxylic acids is 1. The first kappa shape index (κ1) is 14.8. The molecule has 0 fully saturated rings. The van der Waals surface area contributed by atoms with Crippen LogP contribution >= 0.6 is 0 Å². The molecular formula is C14H18N2O3. The molecule has 0 spiro atoms. The highest BCUT2D eigenvalue weighted by Crippen LogP contribution is 2.12. The molecule has 3 N–H and O–H groups in total. The van der Waals surface area contributed by atoms with E-state index in [-0.39, 0.29) is 0 Å². The normalized spacial score (nSPS) is 11.3. The number of carboxylic acid groups (broad SMARTS) is 1. The quantitative estimate of drug-likeness (QED) is 0.711. The summed E-state index contributed by atoms with van der Waals surface area (Å²) in [5.41, 5.74) is 1.62. The fraction of sp³-hybridized carbons (Fsp3) is 0.286. The summed E-state index contributed by atoms with van der Waals surface area (Å²) < 4.78 is 0. The number of urea groups is 1.